The van der Waals surface area contributed by atoms with Crippen LogP contribution in [0.25, 0.3) is 0 Å². The molecule has 0 N–H and O–H groups in total. The lowest BCUT2D eigenvalue weighted by molar-refractivity contribution is 0.0289. The predicted molar refractivity (Wildman–Crippen MR) is 73.1 cm³/mol. The summed E-state index contributed by atoms with van der Waals surface area (Å²) in [7, 11) is 1.70. The van der Waals surface area contributed by atoms with Gasteiger partial charge in [0.2, 0.25) is 0 Å². The maximum absolute atomic E-state index is 6.07. The summed E-state index contributed by atoms with van der Waals surface area (Å²) in [5.41, 5.74) is 0.723. The van der Waals surface area contributed by atoms with E-state index in [2.05, 4.69) is 9.97 Å². The van der Waals surface area contributed by atoms with Gasteiger partial charge in [0.25, 0.3) is 0 Å². The second-order valence-corrected chi connectivity index (χ2v) is 5.56. The fourth-order valence-electron chi connectivity index (χ4n) is 2.55. The first-order valence-corrected chi connectivity index (χ1v) is 7.11. The molecule has 1 aliphatic rings. The zero-order chi connectivity index (χ0) is 13.1. The van der Waals surface area contributed by atoms with Crippen LogP contribution in [0.2, 0.25) is 10.3 Å². The molecule has 1 unspecified atom stereocenters. The molecule has 0 spiro atoms. The Morgan fingerprint density at radius 1 is 1.11 bits per heavy atom. The van der Waals surface area contributed by atoms with Crippen LogP contribution in [0.3, 0.4) is 0 Å². The van der Waals surface area contributed by atoms with Crippen molar-refractivity contribution in [2.45, 2.75) is 45.1 Å². The summed E-state index contributed by atoms with van der Waals surface area (Å²) in [5, 5.41) is 0.839. The zero-order valence-corrected chi connectivity index (χ0v) is 12.3. The Morgan fingerprint density at radius 2 is 1.67 bits per heavy atom. The summed E-state index contributed by atoms with van der Waals surface area (Å²) in [4.78, 5) is 8.65. The number of halogens is 2. The fraction of sp³-hybridized carbons (Fsp3) is 0.692. The molecule has 2 rings (SSSR count). The van der Waals surface area contributed by atoms with Crippen LogP contribution in [0.5, 0.6) is 0 Å². The van der Waals surface area contributed by atoms with Crippen molar-refractivity contribution < 1.29 is 4.74 Å². The van der Waals surface area contributed by atoms with Gasteiger partial charge < -0.3 is 4.74 Å². The molecule has 0 aliphatic heterocycles. The first-order chi connectivity index (χ1) is 8.63. The smallest absolute Gasteiger partial charge is 0.160 e. The number of methoxy groups -OCH3 is 1. The van der Waals surface area contributed by atoms with E-state index in [1.807, 2.05) is 6.92 Å². The van der Waals surface area contributed by atoms with Crippen molar-refractivity contribution in [1.29, 1.82) is 0 Å². The predicted octanol–water partition coefficient (Wildman–Crippen LogP) is 4.36. The highest BCUT2D eigenvalue weighted by Gasteiger charge is 2.28. The highest BCUT2D eigenvalue weighted by Crippen LogP contribution is 2.36. The van der Waals surface area contributed by atoms with Crippen molar-refractivity contribution in [3.05, 3.63) is 21.7 Å². The SMILES string of the molecule is COC(c1nc(Cl)c(C)c(Cl)n1)C1CCCCC1. The molecule has 0 amide bonds. The molecule has 1 aromatic heterocycles. The van der Waals surface area contributed by atoms with Gasteiger partial charge in [-0.3, -0.25) is 0 Å². The molecule has 1 aliphatic carbocycles. The quantitative estimate of drug-likeness (QED) is 0.775. The average molecular weight is 289 g/mol. The summed E-state index contributed by atoms with van der Waals surface area (Å²) in [6, 6.07) is 0. The molecule has 100 valence electrons. The number of rotatable bonds is 3. The van der Waals surface area contributed by atoms with Gasteiger partial charge in [0.15, 0.2) is 5.82 Å². The van der Waals surface area contributed by atoms with Gasteiger partial charge in [-0.25, -0.2) is 9.97 Å². The van der Waals surface area contributed by atoms with E-state index in [1.54, 1.807) is 7.11 Å². The van der Waals surface area contributed by atoms with Crippen LogP contribution >= 0.6 is 23.2 Å². The van der Waals surface area contributed by atoms with E-state index >= 15 is 0 Å². The van der Waals surface area contributed by atoms with Crippen LogP contribution in [-0.2, 0) is 4.74 Å². The summed E-state index contributed by atoms with van der Waals surface area (Å²) in [6.45, 7) is 1.82. The number of aromatic nitrogens is 2. The standard InChI is InChI=1S/C13H18Cl2N2O/c1-8-11(14)16-13(17-12(8)15)10(18-2)9-6-4-3-5-7-9/h9-10H,3-7H2,1-2H3. The van der Waals surface area contributed by atoms with Gasteiger partial charge in [-0.05, 0) is 25.7 Å². The molecule has 0 bridgehead atoms. The molecule has 3 nitrogen and oxygen atoms in total. The van der Waals surface area contributed by atoms with Gasteiger partial charge in [-0.1, -0.05) is 42.5 Å². The highest BCUT2D eigenvalue weighted by molar-refractivity contribution is 6.34. The van der Waals surface area contributed by atoms with E-state index in [-0.39, 0.29) is 6.10 Å². The number of nitrogens with zero attached hydrogens (tertiary/aromatic N) is 2. The maximum Gasteiger partial charge on any atom is 0.160 e. The zero-order valence-electron chi connectivity index (χ0n) is 10.7. The van der Waals surface area contributed by atoms with Crippen LogP contribution in [0.4, 0.5) is 0 Å². The van der Waals surface area contributed by atoms with Crippen LogP contribution in [0.15, 0.2) is 0 Å². The molecule has 1 aromatic rings. The third-order valence-electron chi connectivity index (χ3n) is 3.63. The van der Waals surface area contributed by atoms with Crippen molar-refractivity contribution in [3.8, 4) is 0 Å². The van der Waals surface area contributed by atoms with E-state index in [9.17, 15) is 0 Å². The minimum atomic E-state index is -0.0964. The van der Waals surface area contributed by atoms with Crippen molar-refractivity contribution in [3.63, 3.8) is 0 Å². The molecule has 0 radical (unpaired) electrons. The third kappa shape index (κ3) is 2.95. The molecule has 1 saturated carbocycles. The van der Waals surface area contributed by atoms with Crippen molar-refractivity contribution >= 4 is 23.2 Å². The molecule has 0 saturated heterocycles. The van der Waals surface area contributed by atoms with Gasteiger partial charge in [0.1, 0.15) is 16.4 Å². The first kappa shape index (κ1) is 14.0. The lowest BCUT2D eigenvalue weighted by atomic mass is 9.85. The second-order valence-electron chi connectivity index (χ2n) is 4.84. The number of ether oxygens (including phenoxy) is 1. The molecule has 0 aromatic carbocycles. The number of hydrogen-bond acceptors (Lipinski definition) is 3. The Morgan fingerprint density at radius 3 is 2.17 bits per heavy atom. The highest BCUT2D eigenvalue weighted by atomic mass is 35.5. The van der Waals surface area contributed by atoms with E-state index in [0.29, 0.717) is 22.0 Å². The van der Waals surface area contributed by atoms with E-state index in [0.717, 1.165) is 18.4 Å². The van der Waals surface area contributed by atoms with Gasteiger partial charge in [-0.2, -0.15) is 0 Å². The van der Waals surface area contributed by atoms with Crippen LogP contribution in [-0.4, -0.2) is 17.1 Å². The molecule has 1 heterocycles. The van der Waals surface area contributed by atoms with Crippen LogP contribution in [0.1, 0.15) is 49.6 Å². The Kier molecular flexibility index (Phi) is 4.82. The first-order valence-electron chi connectivity index (χ1n) is 6.35. The van der Waals surface area contributed by atoms with E-state index in [1.165, 1.54) is 19.3 Å². The van der Waals surface area contributed by atoms with Crippen molar-refractivity contribution in [1.82, 2.24) is 9.97 Å². The van der Waals surface area contributed by atoms with Gasteiger partial charge in [-0.15, -0.1) is 0 Å². The topological polar surface area (TPSA) is 35.0 Å². The van der Waals surface area contributed by atoms with Crippen molar-refractivity contribution in [2.75, 3.05) is 7.11 Å². The average Bonchev–Trinajstić information content (AvgIpc) is 2.38. The normalized spacial score (nSPS) is 18.9. The van der Waals surface area contributed by atoms with Gasteiger partial charge in [0, 0.05) is 12.7 Å². The summed E-state index contributed by atoms with van der Waals surface area (Å²) in [6.07, 6.45) is 6.02. The molecular weight excluding hydrogens is 271 g/mol. The second kappa shape index (κ2) is 6.18. The Hall–Kier alpha value is -0.380. The van der Waals surface area contributed by atoms with E-state index < -0.39 is 0 Å². The summed E-state index contributed by atoms with van der Waals surface area (Å²) >= 11 is 12.1. The van der Waals surface area contributed by atoms with Crippen LogP contribution in [0, 0.1) is 12.8 Å². The molecule has 1 atom stereocenters. The molecule has 5 heteroatoms. The van der Waals surface area contributed by atoms with Gasteiger partial charge >= 0.3 is 0 Å². The third-order valence-corrected chi connectivity index (χ3v) is 4.37. The Labute approximate surface area is 118 Å². The molecule has 18 heavy (non-hydrogen) atoms. The lowest BCUT2D eigenvalue weighted by Gasteiger charge is -2.28. The monoisotopic (exact) mass is 288 g/mol. The van der Waals surface area contributed by atoms with Crippen molar-refractivity contribution in [2.24, 2.45) is 5.92 Å². The Bertz CT molecular complexity index is 396. The summed E-state index contributed by atoms with van der Waals surface area (Å²) in [5.74, 6) is 1.09. The lowest BCUT2D eigenvalue weighted by Crippen LogP contribution is -2.20. The number of hydrogen-bond donors (Lipinski definition) is 0. The minimum absolute atomic E-state index is 0.0964. The maximum atomic E-state index is 6.07. The fourth-order valence-corrected chi connectivity index (χ4v) is 2.95. The van der Waals surface area contributed by atoms with E-state index in [4.69, 9.17) is 27.9 Å². The molecule has 1 fully saturated rings. The van der Waals surface area contributed by atoms with Gasteiger partial charge in [0.05, 0.1) is 0 Å². The van der Waals surface area contributed by atoms with Crippen LogP contribution < -0.4 is 0 Å². The Balaban J connectivity index is 2.26. The molecular formula is C13H18Cl2N2O. The summed E-state index contributed by atoms with van der Waals surface area (Å²) < 4.78 is 5.58. The minimum Gasteiger partial charge on any atom is -0.373 e. The largest absolute Gasteiger partial charge is 0.373 e.